The molecule has 1 aromatic carbocycles. The van der Waals surface area contributed by atoms with E-state index in [1.54, 1.807) is 0 Å². The highest BCUT2D eigenvalue weighted by atomic mass is 35.5. The number of aryl methyl sites for hydroxylation is 1. The van der Waals surface area contributed by atoms with Crippen LogP contribution in [0.25, 0.3) is 5.57 Å². The Morgan fingerprint density at radius 3 is 2.19 bits per heavy atom. The van der Waals surface area contributed by atoms with Gasteiger partial charge in [-0.15, -0.1) is 5.10 Å². The van der Waals surface area contributed by atoms with Gasteiger partial charge in [0, 0.05) is 25.0 Å². The number of benzene rings is 1. The molecule has 1 heterocycles. The summed E-state index contributed by atoms with van der Waals surface area (Å²) in [5.41, 5.74) is -6.31. The molecular weight excluding hydrogens is 718 g/mol. The molecule has 0 bridgehead atoms. The maximum absolute atomic E-state index is 14.8. The predicted molar refractivity (Wildman–Crippen MR) is 136 cm³/mol. The van der Waals surface area contributed by atoms with E-state index in [4.69, 9.17) is 17.0 Å². The van der Waals surface area contributed by atoms with Gasteiger partial charge in [0.25, 0.3) is 23.8 Å². The number of amides is 1. The van der Waals surface area contributed by atoms with Crippen LogP contribution < -0.4 is 10.1 Å². The van der Waals surface area contributed by atoms with Crippen LogP contribution in [-0.4, -0.2) is 57.0 Å². The summed E-state index contributed by atoms with van der Waals surface area (Å²) in [4.78, 5) is 12.8. The number of halogens is 15. The number of aromatic nitrogens is 2. The van der Waals surface area contributed by atoms with E-state index in [-0.39, 0.29) is 23.1 Å². The number of carbonyl (C=O) groups excluding carboxylic acids is 1. The lowest BCUT2D eigenvalue weighted by atomic mass is 10.0. The lowest BCUT2D eigenvalue weighted by molar-refractivity contribution is -0.306. The number of alkyl halides is 12. The Morgan fingerprint density at radius 2 is 1.73 bits per heavy atom. The van der Waals surface area contributed by atoms with E-state index in [0.717, 1.165) is 12.1 Å². The van der Waals surface area contributed by atoms with Gasteiger partial charge in [0.1, 0.15) is 11.4 Å². The maximum atomic E-state index is 14.8. The van der Waals surface area contributed by atoms with Crippen molar-refractivity contribution in [3.63, 3.8) is 0 Å². The fourth-order valence-corrected chi connectivity index (χ4v) is 4.10. The van der Waals surface area contributed by atoms with Crippen molar-refractivity contribution in [2.75, 3.05) is 5.32 Å². The number of nitrogens with one attached hydrogen (secondary N) is 2. The zero-order valence-corrected chi connectivity index (χ0v) is 23.9. The Balaban J connectivity index is 2.08. The van der Waals surface area contributed by atoms with Crippen molar-refractivity contribution in [2.24, 2.45) is 7.05 Å². The third-order valence-electron chi connectivity index (χ3n) is 6.35. The summed E-state index contributed by atoms with van der Waals surface area (Å²) in [6, 6.07) is 3.91. The van der Waals surface area contributed by atoms with Crippen molar-refractivity contribution in [3.05, 3.63) is 57.9 Å². The molecule has 0 spiro atoms. The molecule has 48 heavy (non-hydrogen) atoms. The van der Waals surface area contributed by atoms with Crippen LogP contribution in [0.4, 0.5) is 67.3 Å². The first-order valence-corrected chi connectivity index (χ1v) is 12.8. The highest BCUT2D eigenvalue weighted by molar-refractivity contribution is 6.34. The molecule has 1 amide bonds. The summed E-state index contributed by atoms with van der Waals surface area (Å²) < 4.78 is 191. The largest absolute Gasteiger partial charge is 0.447 e. The van der Waals surface area contributed by atoms with Crippen LogP contribution in [0.3, 0.4) is 0 Å². The number of rotatable bonds is 10. The first-order chi connectivity index (χ1) is 21.8. The minimum Gasteiger partial charge on any atom is -0.410 e. The molecule has 0 aliphatic heterocycles. The number of carbonyl (C=O) groups is 1. The highest BCUT2D eigenvalue weighted by Crippen LogP contribution is 2.47. The first kappa shape index (κ1) is 37.9. The van der Waals surface area contributed by atoms with Crippen LogP contribution >= 0.6 is 11.6 Å². The van der Waals surface area contributed by atoms with Crippen LogP contribution in [0.5, 0.6) is 5.88 Å². The average molecular weight is 733 g/mol. The molecule has 0 radical (unpaired) electrons. The van der Waals surface area contributed by atoms with E-state index in [2.05, 4.69) is 9.84 Å². The molecule has 0 saturated heterocycles. The molecule has 2 N–H and O–H groups in total. The van der Waals surface area contributed by atoms with E-state index in [0.29, 0.717) is 25.5 Å². The third kappa shape index (κ3) is 7.60. The molecule has 262 valence electrons. The van der Waals surface area contributed by atoms with Crippen molar-refractivity contribution in [3.8, 4) is 11.9 Å². The molecule has 23 heteroatoms. The van der Waals surface area contributed by atoms with Gasteiger partial charge in [-0.2, -0.15) is 62.3 Å². The number of anilines is 1. The quantitative estimate of drug-likeness (QED) is 0.146. The second-order valence-corrected chi connectivity index (χ2v) is 10.1. The van der Waals surface area contributed by atoms with Crippen molar-refractivity contribution < 1.29 is 71.0 Å². The number of ether oxygens (including phenoxy) is 1. The van der Waals surface area contributed by atoms with Crippen molar-refractivity contribution >= 4 is 35.1 Å². The maximum Gasteiger partial charge on any atom is 0.447 e. The normalized spacial score (nSPS) is 16.4. The lowest BCUT2D eigenvalue weighted by Gasteiger charge is -2.26. The average Bonchev–Trinajstić information content (AvgIpc) is 3.68. The minimum absolute atomic E-state index is 0.142. The number of nitriles is 1. The second-order valence-electron chi connectivity index (χ2n) is 9.69. The SMILES string of the molecule is Cn1nc(OC(F)(F)C(F)C(F)(F)F)c(C(F)(F)F)c1N/C=C(\C=N)c1ccc(Cl)c(C(=O)N(/C(F)=C(\F)C(F)(F)F)C2(C#N)CC2)c1. The van der Waals surface area contributed by atoms with Gasteiger partial charge in [0.05, 0.1) is 16.7 Å². The summed E-state index contributed by atoms with van der Waals surface area (Å²) in [5.74, 6) is -11.4. The van der Waals surface area contributed by atoms with Gasteiger partial charge in [0.15, 0.2) is 5.56 Å². The Morgan fingerprint density at radius 1 is 1.15 bits per heavy atom. The molecule has 3 rings (SSSR count). The standard InChI is InChI=1S/C25H15ClF14N6O2/c1-45-17(14(22(30,31)32)18(44-45)48-25(39,40)20(29)24(36,37)38)43-8-11(7-41)10-2-3-13(26)12(6-10)19(47)46(21(9-42)4-5-21)16(28)15(27)23(33,34)35/h2-3,6-8,20,41,43H,4-5H2,1H3/b11-8+,16-15-,41-7?. The topological polar surface area (TPSA) is 107 Å². The van der Waals surface area contributed by atoms with Crippen LogP contribution in [0.15, 0.2) is 36.2 Å². The number of allylic oxidation sites excluding steroid dienone is 2. The van der Waals surface area contributed by atoms with Gasteiger partial charge in [-0.1, -0.05) is 17.7 Å². The van der Waals surface area contributed by atoms with Gasteiger partial charge < -0.3 is 15.5 Å². The zero-order valence-electron chi connectivity index (χ0n) is 23.2. The van der Waals surface area contributed by atoms with Gasteiger partial charge in [-0.3, -0.25) is 9.69 Å². The van der Waals surface area contributed by atoms with Gasteiger partial charge in [-0.25, -0.2) is 9.07 Å². The van der Waals surface area contributed by atoms with E-state index in [1.807, 2.05) is 5.32 Å². The Hall–Kier alpha value is -4.55. The Bertz CT molecular complexity index is 1700. The van der Waals surface area contributed by atoms with Crippen LogP contribution in [0.2, 0.25) is 5.02 Å². The summed E-state index contributed by atoms with van der Waals surface area (Å²) in [6.45, 7) is 0. The molecular formula is C25H15ClF14N6O2. The molecule has 1 atom stereocenters. The molecule has 2 aromatic rings. The van der Waals surface area contributed by atoms with Crippen LogP contribution in [0.1, 0.15) is 34.3 Å². The summed E-state index contributed by atoms with van der Waals surface area (Å²) >= 11 is 5.96. The number of nitrogens with zero attached hydrogens (tertiary/aromatic N) is 4. The number of hydrogen-bond acceptors (Lipinski definition) is 6. The summed E-state index contributed by atoms with van der Waals surface area (Å²) in [5, 5.41) is 21.2. The Labute approximate surface area is 263 Å². The third-order valence-corrected chi connectivity index (χ3v) is 6.68. The number of hydrogen-bond donors (Lipinski definition) is 2. The van der Waals surface area contributed by atoms with E-state index in [9.17, 15) is 71.5 Å². The monoisotopic (exact) mass is 732 g/mol. The van der Waals surface area contributed by atoms with Gasteiger partial charge >= 0.3 is 24.6 Å². The zero-order chi connectivity index (χ0) is 36.8. The van der Waals surface area contributed by atoms with Crippen molar-refractivity contribution in [2.45, 2.75) is 49.2 Å². The van der Waals surface area contributed by atoms with Crippen molar-refractivity contribution in [1.29, 1.82) is 10.7 Å². The van der Waals surface area contributed by atoms with Crippen LogP contribution in [0, 0.1) is 16.7 Å². The Kier molecular flexibility index (Phi) is 10.1. The molecule has 8 nitrogen and oxygen atoms in total. The molecule has 1 fully saturated rings. The molecule has 1 unspecified atom stereocenters. The second kappa shape index (κ2) is 12.8. The molecule has 1 aliphatic carbocycles. The lowest BCUT2D eigenvalue weighted by Crippen LogP contribution is -2.46. The van der Waals surface area contributed by atoms with Gasteiger partial charge in [0.2, 0.25) is 5.95 Å². The van der Waals surface area contributed by atoms with E-state index < -0.39 is 92.4 Å². The van der Waals surface area contributed by atoms with E-state index >= 15 is 0 Å². The predicted octanol–water partition coefficient (Wildman–Crippen LogP) is 8.24. The minimum atomic E-state index is -6.25. The first-order valence-electron chi connectivity index (χ1n) is 12.4. The fourth-order valence-electron chi connectivity index (χ4n) is 3.90. The highest BCUT2D eigenvalue weighted by Gasteiger charge is 2.60. The van der Waals surface area contributed by atoms with Crippen molar-refractivity contribution in [1.82, 2.24) is 14.7 Å². The summed E-state index contributed by atoms with van der Waals surface area (Å²) in [7, 11) is 0.663. The smallest absolute Gasteiger partial charge is 0.410 e. The van der Waals surface area contributed by atoms with Crippen LogP contribution in [-0.2, 0) is 13.2 Å². The molecule has 1 saturated carbocycles. The molecule has 1 aromatic heterocycles. The summed E-state index contributed by atoms with van der Waals surface area (Å²) in [6.07, 6.45) is -28.7. The van der Waals surface area contributed by atoms with E-state index in [1.165, 1.54) is 6.07 Å². The fraction of sp³-hybridized carbons (Fsp3) is 0.360. The molecule has 1 aliphatic rings. The van der Waals surface area contributed by atoms with Gasteiger partial charge in [-0.05, 0) is 30.5 Å².